The number of rotatable bonds is 4. The Bertz CT molecular complexity index is 354. The number of aryl methyl sites for hydroxylation is 2. The van der Waals surface area contributed by atoms with Crippen molar-refractivity contribution < 1.29 is 0 Å². The van der Waals surface area contributed by atoms with E-state index in [-0.39, 0.29) is 5.92 Å². The highest BCUT2D eigenvalue weighted by molar-refractivity contribution is 7.12. The lowest BCUT2D eigenvalue weighted by atomic mass is 10.2. The van der Waals surface area contributed by atoms with Gasteiger partial charge in [-0.15, -0.1) is 11.3 Å². The zero-order valence-electron chi connectivity index (χ0n) is 9.05. The number of nitrogens with zero attached hydrogens (tertiary/aromatic N) is 1. The fraction of sp³-hybridized carbons (Fsp3) is 0.583. The molecule has 0 amide bonds. The quantitative estimate of drug-likeness (QED) is 0.846. The normalized spacial score (nSPS) is 16.0. The van der Waals surface area contributed by atoms with E-state index in [1.54, 1.807) is 10.4 Å². The van der Waals surface area contributed by atoms with Gasteiger partial charge in [0, 0.05) is 22.8 Å². The number of hydrogen-bond donors (Lipinski definition) is 1. The summed E-state index contributed by atoms with van der Waals surface area (Å²) in [5, 5.41) is 12.0. The molecule has 2 nitrogen and oxygen atoms in total. The van der Waals surface area contributed by atoms with Crippen LogP contribution >= 0.6 is 11.3 Å². The topological polar surface area (TPSA) is 35.8 Å². The van der Waals surface area contributed by atoms with Crippen molar-refractivity contribution in [2.75, 3.05) is 6.54 Å². The van der Waals surface area contributed by atoms with E-state index in [0.29, 0.717) is 0 Å². The molecule has 1 aromatic rings. The van der Waals surface area contributed by atoms with Gasteiger partial charge in [-0.3, -0.25) is 0 Å². The van der Waals surface area contributed by atoms with Crippen molar-refractivity contribution in [1.29, 1.82) is 5.26 Å². The first-order chi connectivity index (χ1) is 7.29. The monoisotopic (exact) mass is 220 g/mol. The number of fused-ring (bicyclic) bond motifs is 1. The average molecular weight is 220 g/mol. The van der Waals surface area contributed by atoms with Gasteiger partial charge in [-0.05, 0) is 37.8 Å². The summed E-state index contributed by atoms with van der Waals surface area (Å²) >= 11 is 1.94. The van der Waals surface area contributed by atoms with Crippen molar-refractivity contribution in [1.82, 2.24) is 5.32 Å². The Morgan fingerprint density at radius 1 is 1.60 bits per heavy atom. The number of nitrogens with one attached hydrogen (secondary N) is 1. The molecule has 0 saturated carbocycles. The molecule has 15 heavy (non-hydrogen) atoms. The van der Waals surface area contributed by atoms with Gasteiger partial charge in [-0.1, -0.05) is 0 Å². The summed E-state index contributed by atoms with van der Waals surface area (Å²) in [4.78, 5) is 3.00. The minimum absolute atomic E-state index is 0.108. The highest BCUT2D eigenvalue weighted by atomic mass is 32.1. The van der Waals surface area contributed by atoms with Crippen LogP contribution in [0.3, 0.4) is 0 Å². The van der Waals surface area contributed by atoms with Crippen molar-refractivity contribution in [3.63, 3.8) is 0 Å². The third-order valence-corrected chi connectivity index (χ3v) is 4.00. The molecule has 0 fully saturated rings. The van der Waals surface area contributed by atoms with Crippen molar-refractivity contribution in [2.24, 2.45) is 5.92 Å². The van der Waals surface area contributed by atoms with Crippen LogP contribution in [0.5, 0.6) is 0 Å². The second-order valence-corrected chi connectivity index (χ2v) is 5.40. The molecule has 1 heterocycles. The van der Waals surface area contributed by atoms with Gasteiger partial charge >= 0.3 is 0 Å². The van der Waals surface area contributed by atoms with Crippen molar-refractivity contribution >= 4 is 11.3 Å². The molecule has 0 bridgehead atoms. The summed E-state index contributed by atoms with van der Waals surface area (Å²) in [5.74, 6) is 0.108. The second kappa shape index (κ2) is 4.78. The Balaban J connectivity index is 1.82. The fourth-order valence-electron chi connectivity index (χ4n) is 1.94. The molecule has 0 aromatic carbocycles. The Morgan fingerprint density at radius 2 is 2.47 bits per heavy atom. The molecule has 1 aliphatic carbocycles. The molecular weight excluding hydrogens is 204 g/mol. The molecule has 0 radical (unpaired) electrons. The molecule has 1 atom stereocenters. The van der Waals surface area contributed by atoms with Crippen LogP contribution in [0.25, 0.3) is 0 Å². The van der Waals surface area contributed by atoms with E-state index in [4.69, 9.17) is 5.26 Å². The lowest BCUT2D eigenvalue weighted by molar-refractivity contribution is 0.605. The van der Waals surface area contributed by atoms with Crippen molar-refractivity contribution in [3.8, 4) is 6.07 Å². The van der Waals surface area contributed by atoms with Gasteiger partial charge < -0.3 is 5.32 Å². The summed E-state index contributed by atoms with van der Waals surface area (Å²) in [7, 11) is 0. The maximum absolute atomic E-state index is 8.64. The Morgan fingerprint density at radius 3 is 3.20 bits per heavy atom. The van der Waals surface area contributed by atoms with Crippen LogP contribution in [0.4, 0.5) is 0 Å². The highest BCUT2D eigenvalue weighted by Crippen LogP contribution is 2.30. The first-order valence-corrected chi connectivity index (χ1v) is 6.32. The Labute approximate surface area is 94.9 Å². The minimum atomic E-state index is 0.108. The summed E-state index contributed by atoms with van der Waals surface area (Å²) < 4.78 is 0. The zero-order chi connectivity index (χ0) is 10.7. The molecular formula is C12H16N2S. The van der Waals surface area contributed by atoms with Gasteiger partial charge in [-0.2, -0.15) is 5.26 Å². The largest absolute Gasteiger partial charge is 0.311 e. The lowest BCUT2D eigenvalue weighted by Gasteiger charge is -2.03. The second-order valence-electron chi connectivity index (χ2n) is 4.18. The van der Waals surface area contributed by atoms with E-state index in [2.05, 4.69) is 17.5 Å². The van der Waals surface area contributed by atoms with Gasteiger partial charge in [0.15, 0.2) is 0 Å². The van der Waals surface area contributed by atoms with Crippen LogP contribution in [-0.4, -0.2) is 6.54 Å². The molecule has 1 aliphatic rings. The number of nitriles is 1. The summed E-state index contributed by atoms with van der Waals surface area (Å²) in [6, 6.07) is 4.56. The zero-order valence-corrected chi connectivity index (χ0v) is 9.86. The van der Waals surface area contributed by atoms with E-state index < -0.39 is 0 Å². The molecule has 1 unspecified atom stereocenters. The first-order valence-electron chi connectivity index (χ1n) is 5.50. The lowest BCUT2D eigenvalue weighted by Crippen LogP contribution is -2.19. The number of thiophene rings is 1. The van der Waals surface area contributed by atoms with Crippen LogP contribution < -0.4 is 5.32 Å². The van der Waals surface area contributed by atoms with Crippen LogP contribution in [-0.2, 0) is 19.4 Å². The van der Waals surface area contributed by atoms with Crippen LogP contribution in [0.1, 0.15) is 28.7 Å². The summed E-state index contributed by atoms with van der Waals surface area (Å²) in [6.07, 6.45) is 3.87. The standard InChI is InChI=1S/C12H16N2S/c1-9(6-13)7-14-8-11-5-10-3-2-4-12(10)15-11/h5,9,14H,2-4,7-8H2,1H3. The van der Waals surface area contributed by atoms with Gasteiger partial charge in [0.1, 0.15) is 0 Å². The highest BCUT2D eigenvalue weighted by Gasteiger charge is 2.14. The van der Waals surface area contributed by atoms with E-state index in [1.165, 1.54) is 24.1 Å². The SMILES string of the molecule is CC(C#N)CNCc1cc2c(s1)CCC2. The Kier molecular flexibility index (Phi) is 3.40. The van der Waals surface area contributed by atoms with E-state index >= 15 is 0 Å². The molecule has 0 aliphatic heterocycles. The van der Waals surface area contributed by atoms with Crippen molar-refractivity contribution in [3.05, 3.63) is 21.4 Å². The van der Waals surface area contributed by atoms with Gasteiger partial charge in [0.2, 0.25) is 0 Å². The molecule has 0 spiro atoms. The Hall–Kier alpha value is -0.850. The van der Waals surface area contributed by atoms with Crippen molar-refractivity contribution in [2.45, 2.75) is 32.7 Å². The van der Waals surface area contributed by atoms with E-state index in [0.717, 1.165) is 13.1 Å². The van der Waals surface area contributed by atoms with Crippen LogP contribution in [0, 0.1) is 17.2 Å². The molecule has 0 saturated heterocycles. The summed E-state index contributed by atoms with van der Waals surface area (Å²) in [5.41, 5.74) is 1.56. The molecule has 1 N–H and O–H groups in total. The van der Waals surface area contributed by atoms with E-state index in [9.17, 15) is 0 Å². The predicted molar refractivity (Wildman–Crippen MR) is 62.8 cm³/mol. The van der Waals surface area contributed by atoms with Gasteiger partial charge in [0.05, 0.1) is 12.0 Å². The van der Waals surface area contributed by atoms with Gasteiger partial charge in [-0.25, -0.2) is 0 Å². The summed E-state index contributed by atoms with van der Waals surface area (Å²) in [6.45, 7) is 3.66. The predicted octanol–water partition coefficient (Wildman–Crippen LogP) is 2.49. The molecule has 3 heteroatoms. The fourth-order valence-corrected chi connectivity index (χ4v) is 3.17. The van der Waals surface area contributed by atoms with Gasteiger partial charge in [0.25, 0.3) is 0 Å². The van der Waals surface area contributed by atoms with E-state index in [1.807, 2.05) is 18.3 Å². The molecule has 1 aromatic heterocycles. The molecule has 80 valence electrons. The third kappa shape index (κ3) is 2.58. The smallest absolute Gasteiger partial charge is 0.0666 e. The average Bonchev–Trinajstić information content (AvgIpc) is 2.77. The maximum atomic E-state index is 8.64. The third-order valence-electron chi connectivity index (χ3n) is 2.77. The number of hydrogen-bond acceptors (Lipinski definition) is 3. The molecule has 2 rings (SSSR count). The first kappa shape index (κ1) is 10.7. The maximum Gasteiger partial charge on any atom is 0.0666 e. The van der Waals surface area contributed by atoms with Crippen LogP contribution in [0.2, 0.25) is 0 Å². The minimum Gasteiger partial charge on any atom is -0.311 e. The van der Waals surface area contributed by atoms with Crippen LogP contribution in [0.15, 0.2) is 6.07 Å².